The van der Waals surface area contributed by atoms with Crippen LogP contribution < -0.4 is 15.4 Å². The zero-order valence-corrected chi connectivity index (χ0v) is 16.0. The summed E-state index contributed by atoms with van der Waals surface area (Å²) in [6.45, 7) is 5.15. The number of hydrogen-bond donors (Lipinski definition) is 3. The van der Waals surface area contributed by atoms with E-state index in [9.17, 15) is 8.42 Å². The Balaban J connectivity index is 1.54. The molecule has 0 spiro atoms. The number of fused-ring (bicyclic) bond motifs is 1. The highest BCUT2D eigenvalue weighted by Crippen LogP contribution is 2.19. The highest BCUT2D eigenvalue weighted by Gasteiger charge is 2.16. The van der Waals surface area contributed by atoms with E-state index in [1.54, 1.807) is 25.1 Å². The van der Waals surface area contributed by atoms with E-state index in [-0.39, 0.29) is 12.3 Å². The van der Waals surface area contributed by atoms with E-state index in [0.717, 1.165) is 12.4 Å². The molecule has 0 atom stereocenters. The third-order valence-electron chi connectivity index (χ3n) is 3.73. The summed E-state index contributed by atoms with van der Waals surface area (Å²) < 4.78 is 32.3. The van der Waals surface area contributed by atoms with Gasteiger partial charge in [-0.05, 0) is 26.0 Å². The van der Waals surface area contributed by atoms with Gasteiger partial charge in [-0.25, -0.2) is 23.1 Å². The summed E-state index contributed by atoms with van der Waals surface area (Å²) in [5.74, 6) is 1.77. The Bertz CT molecular complexity index is 1020. The second-order valence-electron chi connectivity index (χ2n) is 5.92. The molecule has 0 unspecified atom stereocenters. The van der Waals surface area contributed by atoms with E-state index < -0.39 is 10.0 Å². The first kappa shape index (κ1) is 19.1. The third-order valence-corrected chi connectivity index (χ3v) is 5.03. The lowest BCUT2D eigenvalue weighted by atomic mass is 10.2. The second-order valence-corrected chi connectivity index (χ2v) is 7.73. The molecule has 0 saturated heterocycles. The van der Waals surface area contributed by atoms with Gasteiger partial charge in [0.2, 0.25) is 10.0 Å². The number of aromatic nitrogens is 3. The lowest BCUT2D eigenvalue weighted by Gasteiger charge is -2.10. The van der Waals surface area contributed by atoms with Gasteiger partial charge in [0.1, 0.15) is 28.9 Å². The van der Waals surface area contributed by atoms with Crippen LogP contribution in [0.3, 0.4) is 0 Å². The monoisotopic (exact) mass is 390 g/mol. The van der Waals surface area contributed by atoms with E-state index in [0.29, 0.717) is 34.9 Å². The highest BCUT2D eigenvalue weighted by molar-refractivity contribution is 7.88. The van der Waals surface area contributed by atoms with Crippen LogP contribution in [0.4, 0.5) is 11.6 Å². The molecule has 27 heavy (non-hydrogen) atoms. The predicted octanol–water partition coefficient (Wildman–Crippen LogP) is 1.89. The molecule has 3 N–H and O–H groups in total. The molecule has 2 aromatic heterocycles. The summed E-state index contributed by atoms with van der Waals surface area (Å²) >= 11 is 0. The molecule has 10 heteroatoms. The summed E-state index contributed by atoms with van der Waals surface area (Å²) in [6, 6.07) is 8.95. The molecule has 3 aromatic rings. The Hall–Kier alpha value is -2.72. The van der Waals surface area contributed by atoms with Crippen LogP contribution in [0.25, 0.3) is 11.0 Å². The van der Waals surface area contributed by atoms with Gasteiger partial charge in [0.25, 0.3) is 0 Å². The topological polar surface area (TPSA) is 122 Å². The van der Waals surface area contributed by atoms with Gasteiger partial charge >= 0.3 is 0 Å². The van der Waals surface area contributed by atoms with Crippen molar-refractivity contribution in [3.05, 3.63) is 41.9 Å². The van der Waals surface area contributed by atoms with Crippen LogP contribution in [0, 0.1) is 6.92 Å². The number of hydrogen-bond acceptors (Lipinski definition) is 8. The maximum absolute atomic E-state index is 12.3. The van der Waals surface area contributed by atoms with Crippen molar-refractivity contribution in [1.82, 2.24) is 19.8 Å². The normalized spacial score (nSPS) is 11.6. The van der Waals surface area contributed by atoms with Gasteiger partial charge in [-0.1, -0.05) is 17.3 Å². The molecule has 2 heterocycles. The van der Waals surface area contributed by atoms with Gasteiger partial charge in [0, 0.05) is 31.1 Å². The highest BCUT2D eigenvalue weighted by atomic mass is 32.2. The maximum atomic E-state index is 12.3. The number of rotatable bonds is 9. The quantitative estimate of drug-likeness (QED) is 0.474. The van der Waals surface area contributed by atoms with Gasteiger partial charge in [0.05, 0.1) is 0 Å². The van der Waals surface area contributed by atoms with Gasteiger partial charge in [-0.3, -0.25) is 0 Å². The van der Waals surface area contributed by atoms with E-state index in [1.807, 2.05) is 19.1 Å². The lowest BCUT2D eigenvalue weighted by molar-refractivity contribution is 0.448. The Morgan fingerprint density at radius 1 is 1.07 bits per heavy atom. The molecule has 1 aromatic carbocycles. The van der Waals surface area contributed by atoms with Gasteiger partial charge in [0.15, 0.2) is 5.58 Å². The maximum Gasteiger partial charge on any atom is 0.217 e. The lowest BCUT2D eigenvalue weighted by Crippen LogP contribution is -2.30. The standard InChI is InChI=1S/C17H22N6O3S/c1-3-18-16-10-17(22-12(2)21-16)19-8-9-20-27(24,25)11-14-13-6-4-5-7-15(13)26-23-14/h4-7,10,20H,3,8-9,11H2,1-2H3,(H2,18,19,21,22). The number of para-hydroxylation sites is 1. The van der Waals surface area contributed by atoms with Crippen LogP contribution in [0.1, 0.15) is 18.4 Å². The Labute approximate surface area is 157 Å². The fraction of sp³-hybridized carbons (Fsp3) is 0.353. The minimum absolute atomic E-state index is 0.220. The zero-order valence-electron chi connectivity index (χ0n) is 15.2. The van der Waals surface area contributed by atoms with Gasteiger partial charge in [-0.2, -0.15) is 0 Å². The van der Waals surface area contributed by atoms with E-state index in [4.69, 9.17) is 4.52 Å². The molecule has 0 aliphatic heterocycles. The molecule has 0 fully saturated rings. The van der Waals surface area contributed by atoms with Crippen LogP contribution in [0.2, 0.25) is 0 Å². The molecule has 0 aliphatic rings. The van der Waals surface area contributed by atoms with Crippen molar-refractivity contribution < 1.29 is 12.9 Å². The van der Waals surface area contributed by atoms with Crippen LogP contribution >= 0.6 is 0 Å². The first-order valence-corrected chi connectivity index (χ1v) is 10.3. The fourth-order valence-corrected chi connectivity index (χ4v) is 3.68. The van der Waals surface area contributed by atoms with Crippen molar-refractivity contribution in [2.24, 2.45) is 0 Å². The van der Waals surface area contributed by atoms with Crippen molar-refractivity contribution in [2.45, 2.75) is 19.6 Å². The fourth-order valence-electron chi connectivity index (χ4n) is 2.60. The number of nitrogens with one attached hydrogen (secondary N) is 3. The molecule has 0 aliphatic carbocycles. The molecular weight excluding hydrogens is 368 g/mol. The summed E-state index contributed by atoms with van der Waals surface area (Å²) in [4.78, 5) is 8.55. The molecule has 3 rings (SSSR count). The zero-order chi connectivity index (χ0) is 19.3. The Morgan fingerprint density at radius 3 is 2.59 bits per heavy atom. The molecule has 0 amide bonds. The largest absolute Gasteiger partial charge is 0.370 e. The number of anilines is 2. The van der Waals surface area contributed by atoms with Crippen molar-refractivity contribution in [3.8, 4) is 0 Å². The summed E-state index contributed by atoms with van der Waals surface area (Å²) in [7, 11) is -3.53. The Kier molecular flexibility index (Phi) is 5.87. The molecule has 0 radical (unpaired) electrons. The van der Waals surface area contributed by atoms with Gasteiger partial charge < -0.3 is 15.2 Å². The van der Waals surface area contributed by atoms with Crippen LogP contribution in [-0.2, 0) is 15.8 Å². The predicted molar refractivity (Wildman–Crippen MR) is 104 cm³/mol. The van der Waals surface area contributed by atoms with Gasteiger partial charge in [-0.15, -0.1) is 0 Å². The third kappa shape index (κ3) is 5.14. The number of nitrogens with zero attached hydrogens (tertiary/aromatic N) is 3. The van der Waals surface area contributed by atoms with E-state index in [2.05, 4.69) is 30.5 Å². The Morgan fingerprint density at radius 2 is 1.81 bits per heavy atom. The summed E-state index contributed by atoms with van der Waals surface area (Å²) in [5, 5.41) is 10.8. The molecule has 144 valence electrons. The average Bonchev–Trinajstić information content (AvgIpc) is 3.01. The van der Waals surface area contributed by atoms with Crippen LogP contribution in [-0.4, -0.2) is 43.2 Å². The molecule has 0 saturated carbocycles. The van der Waals surface area contributed by atoms with Crippen LogP contribution in [0.15, 0.2) is 34.9 Å². The first-order valence-electron chi connectivity index (χ1n) is 8.61. The second kappa shape index (κ2) is 8.31. The van der Waals surface area contributed by atoms with Crippen LogP contribution in [0.5, 0.6) is 0 Å². The van der Waals surface area contributed by atoms with E-state index >= 15 is 0 Å². The number of benzene rings is 1. The minimum Gasteiger partial charge on any atom is -0.370 e. The van der Waals surface area contributed by atoms with E-state index in [1.165, 1.54) is 0 Å². The van der Waals surface area contributed by atoms with Crippen molar-refractivity contribution in [2.75, 3.05) is 30.3 Å². The smallest absolute Gasteiger partial charge is 0.217 e. The summed E-state index contributed by atoms with van der Waals surface area (Å²) in [6.07, 6.45) is 0. The minimum atomic E-state index is -3.53. The van der Waals surface area contributed by atoms with Crippen molar-refractivity contribution in [3.63, 3.8) is 0 Å². The number of sulfonamides is 1. The van der Waals surface area contributed by atoms with Crippen molar-refractivity contribution >= 4 is 32.6 Å². The molecular formula is C17H22N6O3S. The molecule has 9 nitrogen and oxygen atoms in total. The first-order chi connectivity index (χ1) is 13.0. The molecule has 0 bridgehead atoms. The average molecular weight is 390 g/mol. The summed E-state index contributed by atoms with van der Waals surface area (Å²) in [5.41, 5.74) is 0.966. The van der Waals surface area contributed by atoms with Crippen molar-refractivity contribution in [1.29, 1.82) is 0 Å². The SMILES string of the molecule is CCNc1cc(NCCNS(=O)(=O)Cc2noc3ccccc23)nc(C)n1. The number of aryl methyl sites for hydroxylation is 1.